The number of hydrogen-bond donors (Lipinski definition) is 1. The van der Waals surface area contributed by atoms with Gasteiger partial charge in [-0.2, -0.15) is 0 Å². The Labute approximate surface area is 184 Å². The number of carbonyl (C=O) groups is 1. The van der Waals surface area contributed by atoms with Crippen LogP contribution in [0, 0.1) is 0 Å². The molecule has 6 heteroatoms. The van der Waals surface area contributed by atoms with Gasteiger partial charge in [-0.1, -0.05) is 38.0 Å². The second-order valence-corrected chi connectivity index (χ2v) is 6.96. The number of carboxylic acids is 1. The number of rotatable bonds is 14. The normalized spacial score (nSPS) is 11.1. The summed E-state index contributed by atoms with van der Waals surface area (Å²) in [5.74, 6) is 0.794. The maximum absolute atomic E-state index is 11.2. The summed E-state index contributed by atoms with van der Waals surface area (Å²) in [4.78, 5) is 11.2. The Morgan fingerprint density at radius 1 is 0.968 bits per heavy atom. The smallest absolute Gasteiger partial charge is 0.371 e. The lowest BCUT2D eigenvalue weighted by molar-refractivity contribution is -0.136. The van der Waals surface area contributed by atoms with Crippen molar-refractivity contribution in [2.75, 3.05) is 26.9 Å². The Morgan fingerprint density at radius 3 is 2.39 bits per heavy atom. The number of carboxylic acid groups (broad SMARTS) is 1. The van der Waals surface area contributed by atoms with Gasteiger partial charge >= 0.3 is 5.97 Å². The molecule has 2 aromatic carbocycles. The fourth-order valence-corrected chi connectivity index (χ4v) is 2.94. The monoisotopic (exact) mass is 428 g/mol. The van der Waals surface area contributed by atoms with E-state index in [1.807, 2.05) is 24.3 Å². The molecule has 0 aliphatic rings. The van der Waals surface area contributed by atoms with Crippen LogP contribution in [0.5, 0.6) is 17.2 Å². The predicted molar refractivity (Wildman–Crippen MR) is 121 cm³/mol. The predicted octanol–water partition coefficient (Wildman–Crippen LogP) is 5.35. The lowest BCUT2D eigenvalue weighted by Crippen LogP contribution is -2.05. The van der Waals surface area contributed by atoms with E-state index in [1.54, 1.807) is 32.2 Å². The first-order valence-corrected chi connectivity index (χ1v) is 10.7. The summed E-state index contributed by atoms with van der Waals surface area (Å²) in [5, 5.41) is 9.20. The molecule has 0 spiro atoms. The molecule has 0 fully saturated rings. The van der Waals surface area contributed by atoms with Gasteiger partial charge in [-0.25, -0.2) is 4.79 Å². The molecule has 2 aromatic rings. The third-order valence-electron chi connectivity index (χ3n) is 4.58. The second kappa shape index (κ2) is 13.2. The molecule has 0 atom stereocenters. The van der Waals surface area contributed by atoms with Crippen LogP contribution in [-0.2, 0) is 16.0 Å². The zero-order valence-electron chi connectivity index (χ0n) is 18.6. The molecule has 31 heavy (non-hydrogen) atoms. The summed E-state index contributed by atoms with van der Waals surface area (Å²) in [6.45, 7) is 5.43. The summed E-state index contributed by atoms with van der Waals surface area (Å²) in [7, 11) is 1.55. The maximum Gasteiger partial charge on any atom is 0.371 e. The first kappa shape index (κ1) is 24.1. The molecule has 0 unspecified atom stereocenters. The van der Waals surface area contributed by atoms with Gasteiger partial charge in [0.2, 0.25) is 5.76 Å². The van der Waals surface area contributed by atoms with Crippen molar-refractivity contribution in [1.82, 2.24) is 0 Å². The highest BCUT2D eigenvalue weighted by molar-refractivity contribution is 5.90. The molecule has 0 radical (unpaired) electrons. The van der Waals surface area contributed by atoms with Gasteiger partial charge in [0, 0.05) is 6.42 Å². The number of aliphatic carboxylic acids is 1. The quantitative estimate of drug-likeness (QED) is 0.248. The lowest BCUT2D eigenvalue weighted by Gasteiger charge is -2.12. The third kappa shape index (κ3) is 8.24. The average Bonchev–Trinajstić information content (AvgIpc) is 2.78. The van der Waals surface area contributed by atoms with Gasteiger partial charge in [-0.05, 0) is 54.8 Å². The van der Waals surface area contributed by atoms with Crippen LogP contribution in [0.15, 0.2) is 48.2 Å². The van der Waals surface area contributed by atoms with Crippen LogP contribution in [0.2, 0.25) is 0 Å². The highest BCUT2D eigenvalue weighted by Gasteiger charge is 2.10. The Hall–Kier alpha value is -3.15. The van der Waals surface area contributed by atoms with E-state index in [-0.39, 0.29) is 12.4 Å². The number of hydrogen-bond acceptors (Lipinski definition) is 5. The molecule has 0 aliphatic carbocycles. The van der Waals surface area contributed by atoms with Crippen molar-refractivity contribution in [3.05, 3.63) is 59.4 Å². The number of benzene rings is 2. The third-order valence-corrected chi connectivity index (χ3v) is 4.58. The minimum absolute atomic E-state index is 0.115. The van der Waals surface area contributed by atoms with Gasteiger partial charge in [0.05, 0.1) is 26.9 Å². The van der Waals surface area contributed by atoms with E-state index in [1.165, 1.54) is 18.9 Å². The van der Waals surface area contributed by atoms with Gasteiger partial charge in [0.1, 0.15) is 5.75 Å². The standard InChI is InChI=1S/C25H32O6/c1-4-6-7-15-30-21-11-8-19(9-12-21)14-16-31-22-13-10-20(17-23(22)28-3)18-24(25(26)27)29-5-2/h8-13,17-18H,4-7,14-16H2,1-3H3,(H,26,27)/b24-18+. The fourth-order valence-electron chi connectivity index (χ4n) is 2.94. The van der Waals surface area contributed by atoms with Crippen molar-refractivity contribution in [2.24, 2.45) is 0 Å². The molecule has 2 rings (SSSR count). The molecule has 0 heterocycles. The van der Waals surface area contributed by atoms with Crippen LogP contribution in [0.3, 0.4) is 0 Å². The Kier molecular flexibility index (Phi) is 10.3. The van der Waals surface area contributed by atoms with Crippen molar-refractivity contribution in [3.8, 4) is 17.2 Å². The fraction of sp³-hybridized carbons (Fsp3) is 0.400. The van der Waals surface area contributed by atoms with Crippen LogP contribution < -0.4 is 14.2 Å². The van der Waals surface area contributed by atoms with Gasteiger partial charge in [-0.3, -0.25) is 0 Å². The highest BCUT2D eigenvalue weighted by atomic mass is 16.5. The van der Waals surface area contributed by atoms with Crippen molar-refractivity contribution in [3.63, 3.8) is 0 Å². The Bertz CT molecular complexity index is 842. The van der Waals surface area contributed by atoms with Gasteiger partial charge < -0.3 is 24.1 Å². The van der Waals surface area contributed by atoms with Crippen LogP contribution >= 0.6 is 0 Å². The minimum atomic E-state index is -1.11. The molecule has 0 aromatic heterocycles. The maximum atomic E-state index is 11.2. The van der Waals surface area contributed by atoms with E-state index in [2.05, 4.69) is 6.92 Å². The van der Waals surface area contributed by atoms with Crippen molar-refractivity contribution >= 4 is 12.0 Å². The molecular formula is C25H32O6. The summed E-state index contributed by atoms with van der Waals surface area (Å²) in [5.41, 5.74) is 1.81. The van der Waals surface area contributed by atoms with E-state index in [0.717, 1.165) is 30.8 Å². The van der Waals surface area contributed by atoms with Gasteiger partial charge in [0.15, 0.2) is 11.5 Å². The molecular weight excluding hydrogens is 396 g/mol. The molecule has 0 aliphatic heterocycles. The van der Waals surface area contributed by atoms with E-state index >= 15 is 0 Å². The number of ether oxygens (including phenoxy) is 4. The van der Waals surface area contributed by atoms with Gasteiger partial charge in [0.25, 0.3) is 0 Å². The van der Waals surface area contributed by atoms with Crippen molar-refractivity contribution < 1.29 is 28.8 Å². The van der Waals surface area contributed by atoms with E-state index < -0.39 is 5.97 Å². The summed E-state index contributed by atoms with van der Waals surface area (Å²) in [6.07, 6.45) is 5.65. The van der Waals surface area contributed by atoms with E-state index in [9.17, 15) is 9.90 Å². The largest absolute Gasteiger partial charge is 0.494 e. The van der Waals surface area contributed by atoms with E-state index in [0.29, 0.717) is 23.7 Å². The molecule has 1 N–H and O–H groups in total. The highest BCUT2D eigenvalue weighted by Crippen LogP contribution is 2.29. The molecule has 0 saturated carbocycles. The molecule has 6 nitrogen and oxygen atoms in total. The van der Waals surface area contributed by atoms with Gasteiger partial charge in [-0.15, -0.1) is 0 Å². The zero-order chi connectivity index (χ0) is 22.5. The SMILES string of the molecule is CCCCCOc1ccc(CCOc2ccc(/C=C(/OCC)C(=O)O)cc2OC)cc1. The number of methoxy groups -OCH3 is 1. The lowest BCUT2D eigenvalue weighted by atomic mass is 10.1. The van der Waals surface area contributed by atoms with E-state index in [4.69, 9.17) is 18.9 Å². The Morgan fingerprint density at radius 2 is 1.74 bits per heavy atom. The van der Waals surface area contributed by atoms with Crippen LogP contribution in [-0.4, -0.2) is 38.0 Å². The zero-order valence-corrected chi connectivity index (χ0v) is 18.6. The number of unbranched alkanes of at least 4 members (excludes halogenated alkanes) is 2. The molecule has 0 saturated heterocycles. The topological polar surface area (TPSA) is 74.2 Å². The molecule has 168 valence electrons. The Balaban J connectivity index is 1.91. The van der Waals surface area contributed by atoms with Crippen LogP contribution in [0.4, 0.5) is 0 Å². The average molecular weight is 429 g/mol. The minimum Gasteiger partial charge on any atom is -0.494 e. The summed E-state index contributed by atoms with van der Waals surface area (Å²) < 4.78 is 22.2. The first-order chi connectivity index (χ1) is 15.1. The second-order valence-electron chi connectivity index (χ2n) is 6.96. The van der Waals surface area contributed by atoms with Crippen molar-refractivity contribution in [2.45, 2.75) is 39.5 Å². The summed E-state index contributed by atoms with van der Waals surface area (Å²) >= 11 is 0. The first-order valence-electron chi connectivity index (χ1n) is 10.7. The van der Waals surface area contributed by atoms with Crippen molar-refractivity contribution in [1.29, 1.82) is 0 Å². The molecule has 0 amide bonds. The van der Waals surface area contributed by atoms with Crippen LogP contribution in [0.1, 0.15) is 44.2 Å². The molecule has 0 bridgehead atoms. The summed E-state index contributed by atoms with van der Waals surface area (Å²) in [6, 6.07) is 13.3. The van der Waals surface area contributed by atoms with Crippen LogP contribution in [0.25, 0.3) is 6.08 Å².